The molecule has 2 N–H and O–H groups in total. The van der Waals surface area contributed by atoms with E-state index in [0.29, 0.717) is 29.9 Å². The predicted octanol–water partition coefficient (Wildman–Crippen LogP) is 6.58. The summed E-state index contributed by atoms with van der Waals surface area (Å²) < 4.78 is 66.3. The minimum Gasteiger partial charge on any atom is -0.444 e. The number of fused-ring (bicyclic) bond motifs is 2. The van der Waals surface area contributed by atoms with Gasteiger partial charge < -0.3 is 15.4 Å². The molecule has 0 spiro atoms. The minimum atomic E-state index is -4.78. The summed E-state index contributed by atoms with van der Waals surface area (Å²) in [4.78, 5) is 22.7. The van der Waals surface area contributed by atoms with E-state index in [1.165, 1.54) is 6.92 Å². The molecule has 220 valence electrons. The first-order valence-electron chi connectivity index (χ1n) is 14.0. The highest BCUT2D eigenvalue weighted by molar-refractivity contribution is 5.90. The van der Waals surface area contributed by atoms with Gasteiger partial charge in [-0.15, -0.1) is 0 Å². The number of rotatable bonds is 4. The van der Waals surface area contributed by atoms with Gasteiger partial charge in [0.1, 0.15) is 22.6 Å². The molecule has 8 nitrogen and oxygen atoms in total. The molecule has 2 aliphatic carbocycles. The van der Waals surface area contributed by atoms with Crippen LogP contribution in [0.2, 0.25) is 0 Å². The Labute approximate surface area is 235 Å². The molecule has 3 aliphatic rings. The molecule has 3 aromatic rings. The molecule has 3 aromatic heterocycles. The second-order valence-corrected chi connectivity index (χ2v) is 12.9. The van der Waals surface area contributed by atoms with Crippen LogP contribution in [0.3, 0.4) is 0 Å². The van der Waals surface area contributed by atoms with Crippen LogP contribution >= 0.6 is 0 Å². The number of hydrogen-bond donors (Lipinski definition) is 1. The number of aromatic nitrogens is 4. The third-order valence-electron chi connectivity index (χ3n) is 8.20. The SMILES string of the molecule is Cc1nc(N)cc(-c2nc(C(C)C)c3c(C4[C@H]5CN(C(=O)OC(C)(C)C)C[C@@H]45)nn(C4CC4)c3c2F)c1C(F)(F)F. The van der Waals surface area contributed by atoms with Gasteiger partial charge in [-0.1, -0.05) is 13.8 Å². The number of piperidine rings is 1. The third-order valence-corrected chi connectivity index (χ3v) is 8.20. The van der Waals surface area contributed by atoms with E-state index in [2.05, 4.69) is 9.97 Å². The van der Waals surface area contributed by atoms with Crippen molar-refractivity contribution in [2.24, 2.45) is 11.8 Å². The first kappa shape index (κ1) is 27.7. The number of carbonyl (C=O) groups excluding carboxylic acids is 1. The molecule has 1 amide bonds. The van der Waals surface area contributed by atoms with Gasteiger partial charge in [-0.2, -0.15) is 18.3 Å². The maximum atomic E-state index is 16.6. The summed E-state index contributed by atoms with van der Waals surface area (Å²) in [7, 11) is 0. The molecule has 41 heavy (non-hydrogen) atoms. The van der Waals surface area contributed by atoms with E-state index in [0.717, 1.165) is 18.9 Å². The summed E-state index contributed by atoms with van der Waals surface area (Å²) >= 11 is 0. The van der Waals surface area contributed by atoms with Crippen molar-refractivity contribution in [2.75, 3.05) is 18.8 Å². The monoisotopic (exact) mass is 574 g/mol. The predicted molar refractivity (Wildman–Crippen MR) is 145 cm³/mol. The number of amides is 1. The van der Waals surface area contributed by atoms with E-state index in [1.54, 1.807) is 9.58 Å². The van der Waals surface area contributed by atoms with E-state index >= 15 is 4.39 Å². The van der Waals surface area contributed by atoms with Crippen molar-refractivity contribution in [3.8, 4) is 11.3 Å². The number of anilines is 1. The molecule has 3 fully saturated rings. The molecule has 4 heterocycles. The molecule has 3 atom stereocenters. The third kappa shape index (κ3) is 4.68. The number of likely N-dealkylation sites (tertiary alicyclic amines) is 1. The van der Waals surface area contributed by atoms with Crippen molar-refractivity contribution >= 4 is 22.8 Å². The number of hydrogen-bond acceptors (Lipinski definition) is 6. The molecule has 0 bridgehead atoms. The smallest absolute Gasteiger partial charge is 0.418 e. The summed E-state index contributed by atoms with van der Waals surface area (Å²) in [5.74, 6) is -0.906. The van der Waals surface area contributed by atoms with Crippen LogP contribution in [0.25, 0.3) is 22.2 Å². The van der Waals surface area contributed by atoms with Crippen molar-refractivity contribution < 1.29 is 27.1 Å². The topological polar surface area (TPSA) is 99.2 Å². The largest absolute Gasteiger partial charge is 0.444 e. The van der Waals surface area contributed by atoms with Gasteiger partial charge in [-0.05, 0) is 64.4 Å². The van der Waals surface area contributed by atoms with Crippen molar-refractivity contribution in [1.82, 2.24) is 24.6 Å². The highest BCUT2D eigenvalue weighted by atomic mass is 19.4. The fraction of sp³-hybridized carbons (Fsp3) is 0.586. The quantitative estimate of drug-likeness (QED) is 0.354. The Bertz CT molecular complexity index is 1560. The number of nitrogen functional groups attached to an aromatic ring is 1. The van der Waals surface area contributed by atoms with Crippen LogP contribution in [0.15, 0.2) is 6.07 Å². The molecular weight excluding hydrogens is 540 g/mol. The number of pyridine rings is 2. The molecule has 6 rings (SSSR count). The Hall–Kier alpha value is -3.44. The molecule has 1 aliphatic heterocycles. The number of nitrogens with zero attached hydrogens (tertiary/aromatic N) is 5. The summed E-state index contributed by atoms with van der Waals surface area (Å²) in [6.45, 7) is 11.5. The summed E-state index contributed by atoms with van der Waals surface area (Å²) in [5.41, 5.74) is 4.43. The van der Waals surface area contributed by atoms with Gasteiger partial charge in [0.25, 0.3) is 0 Å². The van der Waals surface area contributed by atoms with E-state index < -0.39 is 34.4 Å². The molecule has 0 radical (unpaired) electrons. The molecule has 0 aromatic carbocycles. The Morgan fingerprint density at radius 3 is 2.29 bits per heavy atom. The van der Waals surface area contributed by atoms with Gasteiger partial charge in [0.2, 0.25) is 0 Å². The second kappa shape index (κ2) is 9.03. The highest BCUT2D eigenvalue weighted by Crippen LogP contribution is 2.60. The van der Waals surface area contributed by atoms with Crippen LogP contribution < -0.4 is 5.73 Å². The highest BCUT2D eigenvalue weighted by Gasteiger charge is 2.59. The zero-order chi connectivity index (χ0) is 29.8. The Morgan fingerprint density at radius 1 is 1.12 bits per heavy atom. The van der Waals surface area contributed by atoms with E-state index in [-0.39, 0.29) is 52.8 Å². The zero-order valence-electron chi connectivity index (χ0n) is 23.9. The lowest BCUT2D eigenvalue weighted by Crippen LogP contribution is -2.36. The Balaban J connectivity index is 1.48. The fourth-order valence-electron chi connectivity index (χ4n) is 6.31. The van der Waals surface area contributed by atoms with Crippen molar-refractivity contribution in [3.63, 3.8) is 0 Å². The number of carbonyl (C=O) groups is 1. The van der Waals surface area contributed by atoms with Gasteiger partial charge in [-0.25, -0.2) is 19.2 Å². The van der Waals surface area contributed by atoms with Crippen LogP contribution in [-0.4, -0.2) is 49.4 Å². The van der Waals surface area contributed by atoms with Crippen molar-refractivity contribution in [1.29, 1.82) is 0 Å². The number of aryl methyl sites for hydroxylation is 1. The van der Waals surface area contributed by atoms with E-state index in [1.807, 2.05) is 34.6 Å². The number of halogens is 4. The van der Waals surface area contributed by atoms with Gasteiger partial charge in [-0.3, -0.25) is 4.68 Å². The Morgan fingerprint density at radius 2 is 1.76 bits per heavy atom. The van der Waals surface area contributed by atoms with Crippen LogP contribution in [0.4, 0.5) is 28.2 Å². The lowest BCUT2D eigenvalue weighted by Gasteiger charge is -2.25. The molecule has 1 unspecified atom stereocenters. The summed E-state index contributed by atoms with van der Waals surface area (Å²) in [6, 6.07) is 1.02. The maximum absolute atomic E-state index is 16.6. The first-order chi connectivity index (χ1) is 19.1. The van der Waals surface area contributed by atoms with Gasteiger partial charge in [0, 0.05) is 30.0 Å². The fourth-order valence-corrected chi connectivity index (χ4v) is 6.31. The van der Waals surface area contributed by atoms with Gasteiger partial charge >= 0.3 is 12.3 Å². The standard InChI is InChI=1S/C29H34F4N6O2/c1-12(2)23-20-25(19-16-10-38(11-17(16)19)27(40)41-28(4,5)6)37-39(14-7-8-14)26(20)22(30)24(36-23)15-9-18(34)35-13(3)21(15)29(31,32)33/h9,12,14,16-17,19H,7-8,10-11H2,1-6H3,(H2,34,35)/t16-,17+,19?. The lowest BCUT2D eigenvalue weighted by molar-refractivity contribution is -0.137. The van der Waals surface area contributed by atoms with Crippen LogP contribution in [0, 0.1) is 24.6 Å². The van der Waals surface area contributed by atoms with Crippen LogP contribution in [0.5, 0.6) is 0 Å². The number of ether oxygens (including phenoxy) is 1. The number of nitrogens with two attached hydrogens (primary N) is 1. The lowest BCUT2D eigenvalue weighted by atomic mass is 9.96. The van der Waals surface area contributed by atoms with Crippen LogP contribution in [-0.2, 0) is 10.9 Å². The summed E-state index contributed by atoms with van der Waals surface area (Å²) in [6.07, 6.45) is -3.52. The minimum absolute atomic E-state index is 0.00490. The first-order valence-corrected chi connectivity index (χ1v) is 14.0. The van der Waals surface area contributed by atoms with Crippen LogP contribution in [0.1, 0.15) is 88.0 Å². The molecular formula is C29H34F4N6O2. The Kier molecular flexibility index (Phi) is 6.10. The molecule has 2 saturated carbocycles. The molecule has 1 saturated heterocycles. The van der Waals surface area contributed by atoms with Gasteiger partial charge in [0.15, 0.2) is 5.82 Å². The van der Waals surface area contributed by atoms with E-state index in [9.17, 15) is 18.0 Å². The second-order valence-electron chi connectivity index (χ2n) is 12.9. The van der Waals surface area contributed by atoms with Crippen molar-refractivity contribution in [2.45, 2.75) is 84.0 Å². The van der Waals surface area contributed by atoms with E-state index in [4.69, 9.17) is 15.6 Å². The number of alkyl halides is 3. The maximum Gasteiger partial charge on any atom is 0.418 e. The zero-order valence-corrected chi connectivity index (χ0v) is 23.9. The summed E-state index contributed by atoms with van der Waals surface area (Å²) in [5, 5.41) is 5.49. The average molecular weight is 575 g/mol. The van der Waals surface area contributed by atoms with Gasteiger partial charge in [0.05, 0.1) is 28.7 Å². The normalized spacial score (nSPS) is 22.5. The van der Waals surface area contributed by atoms with Crippen molar-refractivity contribution in [3.05, 3.63) is 34.5 Å². The average Bonchev–Trinajstić information content (AvgIpc) is 3.71. The molecule has 12 heteroatoms.